The number of carbonyl (C=O) groups is 1. The molecule has 0 bridgehead atoms. The molecule has 8 heteroatoms. The van der Waals surface area contributed by atoms with E-state index < -0.39 is 0 Å². The van der Waals surface area contributed by atoms with Crippen molar-refractivity contribution in [3.05, 3.63) is 34.9 Å². The number of nitrogens with one attached hydrogen (secondary N) is 4. The molecule has 2 aliphatic heterocycles. The maximum absolute atomic E-state index is 12.9. The van der Waals surface area contributed by atoms with Gasteiger partial charge in [0.25, 0.3) is 0 Å². The summed E-state index contributed by atoms with van der Waals surface area (Å²) in [5.41, 5.74) is 10.2. The van der Waals surface area contributed by atoms with Gasteiger partial charge in [-0.3, -0.25) is 20.4 Å². The summed E-state index contributed by atoms with van der Waals surface area (Å²) in [5, 5.41) is 8.81. The lowest BCUT2D eigenvalue weighted by atomic mass is 10.0. The van der Waals surface area contributed by atoms with E-state index in [-0.39, 0.29) is 36.3 Å². The number of hydroxylamine groups is 1. The Hall–Kier alpha value is -1.55. The molecular formula is C21H33N5O3. The number of amides is 1. The highest BCUT2D eigenvalue weighted by Gasteiger charge is 2.36. The molecule has 4 N–H and O–H groups in total. The van der Waals surface area contributed by atoms with Crippen molar-refractivity contribution in [2.45, 2.75) is 57.6 Å². The topological polar surface area (TPSA) is 86.9 Å². The average molecular weight is 404 g/mol. The van der Waals surface area contributed by atoms with E-state index in [1.54, 1.807) is 7.11 Å². The average Bonchev–Trinajstić information content (AvgIpc) is 3.44. The second-order valence-electron chi connectivity index (χ2n) is 8.25. The van der Waals surface area contributed by atoms with E-state index in [1.165, 1.54) is 16.7 Å². The minimum absolute atomic E-state index is 0.0161. The van der Waals surface area contributed by atoms with Gasteiger partial charge >= 0.3 is 0 Å². The van der Waals surface area contributed by atoms with Gasteiger partial charge in [0.15, 0.2) is 0 Å². The molecule has 1 aromatic rings. The molecule has 0 saturated carbocycles. The summed E-state index contributed by atoms with van der Waals surface area (Å²) < 4.78 is 5.14. The van der Waals surface area contributed by atoms with E-state index >= 15 is 0 Å². The van der Waals surface area contributed by atoms with E-state index in [2.05, 4.69) is 58.6 Å². The molecule has 4 rings (SSSR count). The molecule has 0 spiro atoms. The zero-order valence-corrected chi connectivity index (χ0v) is 17.5. The van der Waals surface area contributed by atoms with Gasteiger partial charge in [-0.05, 0) is 42.9 Å². The highest BCUT2D eigenvalue weighted by Crippen LogP contribution is 2.33. The fourth-order valence-corrected chi connectivity index (χ4v) is 4.51. The largest absolute Gasteiger partial charge is 0.383 e. The van der Waals surface area contributed by atoms with Crippen molar-refractivity contribution in [1.29, 1.82) is 0 Å². The van der Waals surface area contributed by atoms with Gasteiger partial charge in [0.2, 0.25) is 5.91 Å². The van der Waals surface area contributed by atoms with Gasteiger partial charge in [0, 0.05) is 26.2 Å². The van der Waals surface area contributed by atoms with E-state index in [0.29, 0.717) is 13.2 Å². The van der Waals surface area contributed by atoms with Crippen LogP contribution in [-0.2, 0) is 20.8 Å². The van der Waals surface area contributed by atoms with Crippen molar-refractivity contribution in [2.75, 3.05) is 26.8 Å². The third-order valence-electron chi connectivity index (χ3n) is 6.26. The van der Waals surface area contributed by atoms with Gasteiger partial charge < -0.3 is 10.1 Å². The number of hydrazine groups is 1. The molecule has 2 saturated heterocycles. The van der Waals surface area contributed by atoms with Crippen LogP contribution >= 0.6 is 0 Å². The van der Waals surface area contributed by atoms with Crippen molar-refractivity contribution in [3.63, 3.8) is 0 Å². The number of carbonyl (C=O) groups excluding carboxylic acids is 1. The minimum Gasteiger partial charge on any atom is -0.383 e. The zero-order valence-electron chi connectivity index (χ0n) is 17.5. The first-order valence-electron chi connectivity index (χ1n) is 10.7. The van der Waals surface area contributed by atoms with Gasteiger partial charge in [0.05, 0.1) is 18.6 Å². The number of hydrogen-bond donors (Lipinski definition) is 4. The summed E-state index contributed by atoms with van der Waals surface area (Å²) >= 11 is 0. The fraction of sp³-hybridized carbons (Fsp3) is 0.667. The molecular weight excluding hydrogens is 370 g/mol. The summed E-state index contributed by atoms with van der Waals surface area (Å²) in [4.78, 5) is 18.5. The van der Waals surface area contributed by atoms with Crippen LogP contribution in [0.25, 0.3) is 0 Å². The lowest BCUT2D eigenvalue weighted by molar-refractivity contribution is -0.125. The van der Waals surface area contributed by atoms with Gasteiger partial charge in [-0.1, -0.05) is 25.1 Å². The second kappa shape index (κ2) is 9.07. The Morgan fingerprint density at radius 1 is 1.41 bits per heavy atom. The number of benzene rings is 1. The molecule has 5 atom stereocenters. The van der Waals surface area contributed by atoms with Crippen LogP contribution in [0.4, 0.5) is 0 Å². The van der Waals surface area contributed by atoms with Crippen LogP contribution in [0.2, 0.25) is 0 Å². The standard InChI is InChI=1S/C21H33N5O3/c1-4-19-23-20(25-29-19)15-5-7-16-14(11-15)6-8-18(16)22-21(27)17-12-26(9-10-28-3)24-13(17)2/h5,7,11,13,17-20,23-25H,4,6,8-10,12H2,1-3H3,(H,22,27)/t13?,17?,18-,19?,20?/m1/s1. The highest BCUT2D eigenvalue weighted by atomic mass is 16.7. The van der Waals surface area contributed by atoms with Gasteiger partial charge in [-0.2, -0.15) is 5.48 Å². The van der Waals surface area contributed by atoms with Crippen molar-refractivity contribution >= 4 is 5.91 Å². The maximum atomic E-state index is 12.9. The molecule has 160 valence electrons. The van der Waals surface area contributed by atoms with Crippen molar-refractivity contribution in [1.82, 2.24) is 26.5 Å². The van der Waals surface area contributed by atoms with Crippen LogP contribution in [-0.4, -0.2) is 50.0 Å². The first-order valence-corrected chi connectivity index (χ1v) is 10.7. The molecule has 2 heterocycles. The lowest BCUT2D eigenvalue weighted by Gasteiger charge is -2.19. The molecule has 2 fully saturated rings. The molecule has 1 amide bonds. The molecule has 29 heavy (non-hydrogen) atoms. The third-order valence-corrected chi connectivity index (χ3v) is 6.26. The normalized spacial score (nSPS) is 31.9. The second-order valence-corrected chi connectivity index (χ2v) is 8.25. The number of nitrogens with zero attached hydrogens (tertiary/aromatic N) is 1. The van der Waals surface area contributed by atoms with E-state index in [4.69, 9.17) is 9.57 Å². The van der Waals surface area contributed by atoms with Crippen LogP contribution in [0.15, 0.2) is 18.2 Å². The van der Waals surface area contributed by atoms with E-state index in [0.717, 1.165) is 25.8 Å². The fourth-order valence-electron chi connectivity index (χ4n) is 4.51. The quantitative estimate of drug-likeness (QED) is 0.543. The molecule has 0 aromatic heterocycles. The Morgan fingerprint density at radius 2 is 2.28 bits per heavy atom. The van der Waals surface area contributed by atoms with Crippen molar-refractivity contribution in [3.8, 4) is 0 Å². The predicted molar refractivity (Wildman–Crippen MR) is 109 cm³/mol. The number of ether oxygens (including phenoxy) is 1. The Morgan fingerprint density at radius 3 is 3.03 bits per heavy atom. The molecule has 3 aliphatic rings. The summed E-state index contributed by atoms with van der Waals surface area (Å²) in [7, 11) is 1.70. The number of methoxy groups -OCH3 is 1. The Kier molecular flexibility index (Phi) is 6.48. The predicted octanol–water partition coefficient (Wildman–Crippen LogP) is 1.12. The molecule has 0 radical (unpaired) electrons. The van der Waals surface area contributed by atoms with Crippen LogP contribution in [0.5, 0.6) is 0 Å². The van der Waals surface area contributed by atoms with Gasteiger partial charge in [0.1, 0.15) is 12.4 Å². The highest BCUT2D eigenvalue weighted by molar-refractivity contribution is 5.80. The van der Waals surface area contributed by atoms with E-state index in [9.17, 15) is 4.79 Å². The number of hydrogen-bond acceptors (Lipinski definition) is 7. The number of rotatable bonds is 7. The summed E-state index contributed by atoms with van der Waals surface area (Å²) in [5.74, 6) is 0.0790. The Labute approximate surface area is 172 Å². The molecule has 8 nitrogen and oxygen atoms in total. The number of aryl methyl sites for hydroxylation is 1. The Balaban J connectivity index is 1.37. The van der Waals surface area contributed by atoms with Crippen LogP contribution in [0, 0.1) is 5.92 Å². The number of fused-ring (bicyclic) bond motifs is 1. The first kappa shape index (κ1) is 20.7. The molecule has 1 aromatic carbocycles. The van der Waals surface area contributed by atoms with Crippen molar-refractivity contribution in [2.24, 2.45) is 5.92 Å². The summed E-state index contributed by atoms with van der Waals surface area (Å²) in [6.07, 6.45) is 2.91. The van der Waals surface area contributed by atoms with E-state index in [1.807, 2.05) is 0 Å². The van der Waals surface area contributed by atoms with Gasteiger partial charge in [-0.15, -0.1) is 0 Å². The van der Waals surface area contributed by atoms with Crippen molar-refractivity contribution < 1.29 is 14.4 Å². The third kappa shape index (κ3) is 4.47. The maximum Gasteiger partial charge on any atom is 0.226 e. The summed E-state index contributed by atoms with van der Waals surface area (Å²) in [6.45, 7) is 6.31. The molecule has 1 aliphatic carbocycles. The smallest absolute Gasteiger partial charge is 0.226 e. The van der Waals surface area contributed by atoms with Crippen LogP contribution in [0.3, 0.4) is 0 Å². The lowest BCUT2D eigenvalue weighted by Crippen LogP contribution is -2.39. The Bertz CT molecular complexity index is 730. The van der Waals surface area contributed by atoms with Crippen LogP contribution in [0.1, 0.15) is 55.6 Å². The first-order chi connectivity index (χ1) is 14.1. The summed E-state index contributed by atoms with van der Waals surface area (Å²) in [6, 6.07) is 6.74. The van der Waals surface area contributed by atoms with Gasteiger partial charge in [-0.25, -0.2) is 5.01 Å². The zero-order chi connectivity index (χ0) is 20.4. The molecule has 4 unspecified atom stereocenters. The monoisotopic (exact) mass is 403 g/mol. The SMILES string of the molecule is CCC1NC(c2ccc3c(c2)CC[C@H]3NC(=O)C2CN(CCOC)NC2C)NO1. The minimum atomic E-state index is -0.0507. The van der Waals surface area contributed by atoms with Crippen LogP contribution < -0.4 is 21.5 Å².